The molecule has 286 valence electrons. The third-order valence-electron chi connectivity index (χ3n) is 10.2. The number of benzene rings is 1. The van der Waals surface area contributed by atoms with Crippen molar-refractivity contribution >= 4 is 58.0 Å². The summed E-state index contributed by atoms with van der Waals surface area (Å²) in [5, 5.41) is 14.2. The molecule has 13 nitrogen and oxygen atoms in total. The van der Waals surface area contributed by atoms with E-state index in [4.69, 9.17) is 17.3 Å². The normalized spacial score (nSPS) is 17.3. The van der Waals surface area contributed by atoms with E-state index >= 15 is 0 Å². The van der Waals surface area contributed by atoms with Crippen molar-refractivity contribution in [3.05, 3.63) is 76.1 Å². The van der Waals surface area contributed by atoms with Gasteiger partial charge in [0, 0.05) is 51.4 Å². The number of aromatic nitrogens is 4. The number of nitrogens with zero attached hydrogens (tertiary/aromatic N) is 7. The molecule has 0 aliphatic carbocycles. The number of nitrogens with one attached hydrogen (secondary N) is 2. The number of nitrogen functional groups attached to an aromatic ring is 1. The number of anilines is 3. The fourth-order valence-electron chi connectivity index (χ4n) is 7.09. The maximum atomic E-state index is 14.1. The van der Waals surface area contributed by atoms with E-state index in [0.29, 0.717) is 49.9 Å². The van der Waals surface area contributed by atoms with Crippen LogP contribution in [0.25, 0.3) is 10.4 Å². The van der Waals surface area contributed by atoms with Crippen LogP contribution in [0, 0.1) is 12.3 Å². The molecule has 0 bridgehead atoms. The minimum absolute atomic E-state index is 0.187. The Morgan fingerprint density at radius 3 is 2.39 bits per heavy atom. The second kappa shape index (κ2) is 16.7. The molecule has 0 radical (unpaired) electrons. The number of halogens is 1. The van der Waals surface area contributed by atoms with Crippen molar-refractivity contribution in [2.24, 2.45) is 5.41 Å². The van der Waals surface area contributed by atoms with Gasteiger partial charge in [-0.05, 0) is 67.3 Å². The maximum Gasteiger partial charge on any atom is 0.246 e. The Bertz CT molecular complexity index is 1960. The lowest BCUT2D eigenvalue weighted by atomic mass is 9.85. The molecule has 2 saturated heterocycles. The van der Waals surface area contributed by atoms with Gasteiger partial charge in [-0.2, -0.15) is 0 Å². The van der Waals surface area contributed by atoms with E-state index in [1.807, 2.05) is 76.5 Å². The van der Waals surface area contributed by atoms with Gasteiger partial charge < -0.3 is 31.1 Å². The van der Waals surface area contributed by atoms with Crippen molar-refractivity contribution in [2.75, 3.05) is 48.3 Å². The number of hydrogen-bond acceptors (Lipinski definition) is 11. The predicted molar refractivity (Wildman–Crippen MR) is 213 cm³/mol. The van der Waals surface area contributed by atoms with Gasteiger partial charge >= 0.3 is 0 Å². The Morgan fingerprint density at radius 1 is 0.981 bits per heavy atom. The molecular weight excluding hydrogens is 724 g/mol. The molecule has 3 aromatic heterocycles. The Hall–Kier alpha value is -4.82. The lowest BCUT2D eigenvalue weighted by Crippen LogP contribution is -2.57. The summed E-state index contributed by atoms with van der Waals surface area (Å²) < 4.78 is 0. The van der Waals surface area contributed by atoms with Crippen LogP contribution < -0.4 is 26.2 Å². The van der Waals surface area contributed by atoms with Crippen molar-refractivity contribution in [1.82, 2.24) is 35.7 Å². The number of hydrogen-bond donors (Lipinski definition) is 3. The van der Waals surface area contributed by atoms with E-state index in [1.54, 1.807) is 28.5 Å². The zero-order valence-electron chi connectivity index (χ0n) is 31.5. The number of rotatable bonds is 11. The standard InChI is InChI=1S/C39H49ClN10O3S/c1-24(27-9-11-28(12-10-27)34-25(2)43-23-54-34)44-37(52)29-7-6-16-50(29)38(53)35(39(3,4)5)45-33(51)13-8-26-14-15-42-32(21-26)49-19-17-48(18-20-49)30-22-31(40)46-47-36(30)41/h9-12,14-15,21-24,29,35H,6-8,13,16-20H2,1-5H3,(H2,41,47)(H,44,52)(H,45,51)/t24-,29-,35+/m0/s1. The molecule has 0 unspecified atom stereocenters. The molecule has 3 atom stereocenters. The van der Waals surface area contributed by atoms with Crippen LogP contribution in [0.1, 0.15) is 69.8 Å². The predicted octanol–water partition coefficient (Wildman–Crippen LogP) is 5.20. The first kappa shape index (κ1) is 38.9. The molecule has 2 aliphatic rings. The lowest BCUT2D eigenvalue weighted by molar-refractivity contribution is -0.144. The Labute approximate surface area is 325 Å². The highest BCUT2D eigenvalue weighted by molar-refractivity contribution is 7.13. The molecule has 5 heterocycles. The van der Waals surface area contributed by atoms with Gasteiger partial charge in [-0.25, -0.2) is 9.97 Å². The van der Waals surface area contributed by atoms with Gasteiger partial charge in [0.2, 0.25) is 17.7 Å². The highest BCUT2D eigenvalue weighted by atomic mass is 35.5. The molecule has 1 aromatic carbocycles. The summed E-state index contributed by atoms with van der Waals surface area (Å²) in [5.74, 6) is 0.543. The van der Waals surface area contributed by atoms with E-state index in [9.17, 15) is 14.4 Å². The fraction of sp³-hybridized carbons (Fsp3) is 0.462. The molecule has 0 spiro atoms. The zero-order valence-corrected chi connectivity index (χ0v) is 33.1. The number of piperazine rings is 1. The maximum absolute atomic E-state index is 14.1. The van der Waals surface area contributed by atoms with Gasteiger partial charge in [0.1, 0.15) is 17.9 Å². The second-order valence-electron chi connectivity index (χ2n) is 15.1. The smallest absolute Gasteiger partial charge is 0.246 e. The van der Waals surface area contributed by atoms with Gasteiger partial charge in [0.05, 0.1) is 27.8 Å². The SMILES string of the molecule is Cc1ncsc1-c1ccc([C@H](C)NC(=O)[C@@H]2CCCN2C(=O)[C@@H](NC(=O)CCc2ccnc(N3CCN(c4cc(Cl)nnc4N)CC3)c2)C(C)(C)C)cc1. The number of amides is 3. The minimum Gasteiger partial charge on any atom is -0.380 e. The van der Waals surface area contributed by atoms with Crippen molar-refractivity contribution in [1.29, 1.82) is 0 Å². The van der Waals surface area contributed by atoms with Crippen LogP contribution in [-0.2, 0) is 20.8 Å². The average molecular weight is 773 g/mol. The largest absolute Gasteiger partial charge is 0.380 e. The van der Waals surface area contributed by atoms with Gasteiger partial charge in [-0.3, -0.25) is 14.4 Å². The first-order chi connectivity index (χ1) is 25.8. The van der Waals surface area contributed by atoms with Crippen LogP contribution in [0.2, 0.25) is 5.15 Å². The average Bonchev–Trinajstić information content (AvgIpc) is 3.83. The van der Waals surface area contributed by atoms with Crippen LogP contribution in [0.5, 0.6) is 0 Å². The van der Waals surface area contributed by atoms with Crippen LogP contribution in [0.15, 0.2) is 54.2 Å². The summed E-state index contributed by atoms with van der Waals surface area (Å²) in [5.41, 5.74) is 12.1. The Balaban J connectivity index is 1.02. The van der Waals surface area contributed by atoms with E-state index in [2.05, 4.69) is 40.6 Å². The first-order valence-corrected chi connectivity index (χ1v) is 19.7. The van der Waals surface area contributed by atoms with Crippen LogP contribution in [0.3, 0.4) is 0 Å². The molecule has 15 heteroatoms. The highest BCUT2D eigenvalue weighted by Gasteiger charge is 2.42. The molecule has 6 rings (SSSR count). The quantitative estimate of drug-likeness (QED) is 0.185. The summed E-state index contributed by atoms with van der Waals surface area (Å²) in [7, 11) is 0. The van der Waals surface area contributed by atoms with Gasteiger partial charge in [-0.15, -0.1) is 21.5 Å². The number of pyridine rings is 1. The molecular formula is C39H49ClN10O3S. The molecule has 4 N–H and O–H groups in total. The third-order valence-corrected chi connectivity index (χ3v) is 11.4. The lowest BCUT2D eigenvalue weighted by Gasteiger charge is -2.37. The summed E-state index contributed by atoms with van der Waals surface area (Å²) in [6.45, 7) is 13.1. The molecule has 3 amide bonds. The van der Waals surface area contributed by atoms with Gasteiger partial charge in [0.15, 0.2) is 11.0 Å². The summed E-state index contributed by atoms with van der Waals surface area (Å²) in [6.07, 6.45) is 3.74. The van der Waals surface area contributed by atoms with Crippen molar-refractivity contribution in [3.8, 4) is 10.4 Å². The van der Waals surface area contributed by atoms with Crippen molar-refractivity contribution < 1.29 is 14.4 Å². The van der Waals surface area contributed by atoms with Crippen LogP contribution in [-0.4, -0.2) is 87.6 Å². The third kappa shape index (κ3) is 9.09. The number of nitrogens with two attached hydrogens (primary N) is 1. The number of carbonyl (C=O) groups is 3. The minimum atomic E-state index is -0.789. The summed E-state index contributed by atoms with van der Waals surface area (Å²) in [4.78, 5) is 57.2. The van der Waals surface area contributed by atoms with Crippen LogP contribution in [0.4, 0.5) is 17.3 Å². The monoisotopic (exact) mass is 772 g/mol. The van der Waals surface area contributed by atoms with E-state index in [1.165, 1.54) is 0 Å². The number of aryl methyl sites for hydroxylation is 2. The molecule has 54 heavy (non-hydrogen) atoms. The van der Waals surface area contributed by atoms with Crippen molar-refractivity contribution in [3.63, 3.8) is 0 Å². The number of likely N-dealkylation sites (tertiary alicyclic amines) is 1. The molecule has 0 saturated carbocycles. The van der Waals surface area contributed by atoms with Gasteiger partial charge in [0.25, 0.3) is 0 Å². The second-order valence-corrected chi connectivity index (χ2v) is 16.4. The topological polar surface area (TPSA) is 163 Å². The van der Waals surface area contributed by atoms with Crippen LogP contribution >= 0.6 is 22.9 Å². The van der Waals surface area contributed by atoms with Gasteiger partial charge in [-0.1, -0.05) is 56.6 Å². The fourth-order valence-corrected chi connectivity index (χ4v) is 8.04. The first-order valence-electron chi connectivity index (χ1n) is 18.4. The molecule has 2 fully saturated rings. The van der Waals surface area contributed by atoms with E-state index in [-0.39, 0.29) is 30.2 Å². The summed E-state index contributed by atoms with van der Waals surface area (Å²) in [6, 6.07) is 12.2. The van der Waals surface area contributed by atoms with Crippen molar-refractivity contribution in [2.45, 2.75) is 78.4 Å². The molecule has 4 aromatic rings. The van der Waals surface area contributed by atoms with E-state index in [0.717, 1.165) is 51.9 Å². The molecule has 2 aliphatic heterocycles. The Morgan fingerprint density at radius 2 is 1.70 bits per heavy atom. The van der Waals surface area contributed by atoms with E-state index < -0.39 is 17.5 Å². The zero-order chi connectivity index (χ0) is 38.6. The highest BCUT2D eigenvalue weighted by Crippen LogP contribution is 2.30. The summed E-state index contributed by atoms with van der Waals surface area (Å²) >= 11 is 7.66. The number of carbonyl (C=O) groups excluding carboxylic acids is 3. The Kier molecular flexibility index (Phi) is 12.0. The number of thiazole rings is 1.